The molecule has 5 heteroatoms. The van der Waals surface area contributed by atoms with Gasteiger partial charge in [-0.3, -0.25) is 0 Å². The number of hydrogen-bond acceptors (Lipinski definition) is 1. The molecule has 0 radical (unpaired) electrons. The molecule has 104 valence electrons. The van der Waals surface area contributed by atoms with Crippen LogP contribution in [0.5, 0.6) is 0 Å². The van der Waals surface area contributed by atoms with Crippen LogP contribution < -0.4 is 10.6 Å². The molecule has 0 aromatic heterocycles. The molecule has 0 atom stereocenters. The molecule has 20 heavy (non-hydrogen) atoms. The molecular formula is C15H14Br2N2S. The summed E-state index contributed by atoms with van der Waals surface area (Å²) in [4.78, 5) is 0. The number of nitrogens with one attached hydrogen (secondary N) is 2. The summed E-state index contributed by atoms with van der Waals surface area (Å²) in [6.07, 6.45) is 0. The Morgan fingerprint density at radius 3 is 2.25 bits per heavy atom. The van der Waals surface area contributed by atoms with E-state index in [1.54, 1.807) is 0 Å². The van der Waals surface area contributed by atoms with Crippen molar-refractivity contribution in [2.45, 2.75) is 13.8 Å². The summed E-state index contributed by atoms with van der Waals surface area (Å²) in [6, 6.07) is 12.1. The standard InChI is InChI=1S/C15H14Br2N2S/c1-9-3-5-13(10(2)7-9)18-15(20)19-14-6-4-11(16)8-12(14)17/h3-8H,1-2H3,(H2,18,19,20). The second kappa shape index (κ2) is 6.70. The van der Waals surface area contributed by atoms with Gasteiger partial charge in [-0.15, -0.1) is 0 Å². The van der Waals surface area contributed by atoms with Crippen molar-refractivity contribution in [2.75, 3.05) is 10.6 Å². The lowest BCUT2D eigenvalue weighted by atomic mass is 10.1. The van der Waals surface area contributed by atoms with Crippen LogP contribution in [0.1, 0.15) is 11.1 Å². The van der Waals surface area contributed by atoms with E-state index in [2.05, 4.69) is 68.5 Å². The molecule has 0 unspecified atom stereocenters. The van der Waals surface area contributed by atoms with E-state index in [4.69, 9.17) is 12.2 Å². The second-order valence-electron chi connectivity index (χ2n) is 4.52. The number of hydrogen-bond donors (Lipinski definition) is 2. The highest BCUT2D eigenvalue weighted by Gasteiger charge is 2.05. The van der Waals surface area contributed by atoms with E-state index in [1.807, 2.05) is 24.3 Å². The zero-order chi connectivity index (χ0) is 14.7. The van der Waals surface area contributed by atoms with E-state index in [-0.39, 0.29) is 0 Å². The number of halogens is 2. The van der Waals surface area contributed by atoms with E-state index in [9.17, 15) is 0 Å². The molecule has 2 nitrogen and oxygen atoms in total. The first-order chi connectivity index (χ1) is 9.45. The first-order valence-corrected chi connectivity index (χ1v) is 8.05. The minimum Gasteiger partial charge on any atom is -0.332 e. The Hall–Kier alpha value is -0.910. The fraction of sp³-hybridized carbons (Fsp3) is 0.133. The van der Waals surface area contributed by atoms with Crippen LogP contribution in [0.25, 0.3) is 0 Å². The Kier molecular flexibility index (Phi) is 5.18. The molecule has 0 fully saturated rings. The minimum absolute atomic E-state index is 0.569. The van der Waals surface area contributed by atoms with Crippen LogP contribution in [-0.4, -0.2) is 5.11 Å². The van der Waals surface area contributed by atoms with E-state index in [0.29, 0.717) is 5.11 Å². The lowest BCUT2D eigenvalue weighted by Crippen LogP contribution is -2.19. The summed E-state index contributed by atoms with van der Waals surface area (Å²) in [7, 11) is 0. The monoisotopic (exact) mass is 412 g/mol. The summed E-state index contributed by atoms with van der Waals surface area (Å²) in [5.41, 5.74) is 4.35. The molecule has 0 aliphatic rings. The smallest absolute Gasteiger partial charge is 0.175 e. The molecule has 2 aromatic carbocycles. The van der Waals surface area contributed by atoms with Crippen molar-refractivity contribution in [2.24, 2.45) is 0 Å². The maximum absolute atomic E-state index is 5.35. The summed E-state index contributed by atoms with van der Waals surface area (Å²) < 4.78 is 1.97. The molecule has 0 aliphatic heterocycles. The number of anilines is 2. The van der Waals surface area contributed by atoms with E-state index in [1.165, 1.54) is 11.1 Å². The third-order valence-corrected chi connectivity index (χ3v) is 4.16. The molecular weight excluding hydrogens is 400 g/mol. The molecule has 0 bridgehead atoms. The highest BCUT2D eigenvalue weighted by molar-refractivity contribution is 9.11. The minimum atomic E-state index is 0.569. The van der Waals surface area contributed by atoms with Crippen LogP contribution in [0.4, 0.5) is 11.4 Å². The number of thiocarbonyl (C=S) groups is 1. The quantitative estimate of drug-likeness (QED) is 0.623. The van der Waals surface area contributed by atoms with Crippen LogP contribution in [-0.2, 0) is 0 Å². The largest absolute Gasteiger partial charge is 0.332 e. The molecule has 2 rings (SSSR count). The molecule has 2 N–H and O–H groups in total. The van der Waals surface area contributed by atoms with Gasteiger partial charge in [-0.25, -0.2) is 0 Å². The van der Waals surface area contributed by atoms with Gasteiger partial charge in [-0.2, -0.15) is 0 Å². The van der Waals surface area contributed by atoms with Crippen LogP contribution in [0, 0.1) is 13.8 Å². The van der Waals surface area contributed by atoms with Crippen LogP contribution in [0.3, 0.4) is 0 Å². The van der Waals surface area contributed by atoms with Crippen LogP contribution in [0.2, 0.25) is 0 Å². The van der Waals surface area contributed by atoms with Gasteiger partial charge in [0, 0.05) is 14.6 Å². The summed E-state index contributed by atoms with van der Waals surface area (Å²) in [5, 5.41) is 6.97. The fourth-order valence-electron chi connectivity index (χ4n) is 1.82. The predicted molar refractivity (Wildman–Crippen MR) is 97.6 cm³/mol. The molecule has 0 amide bonds. The fourth-order valence-corrected chi connectivity index (χ4v) is 3.19. The Balaban J connectivity index is 2.09. The predicted octanol–water partition coefficient (Wildman–Crippen LogP) is 5.64. The third kappa shape index (κ3) is 4.04. The van der Waals surface area contributed by atoms with Gasteiger partial charge in [0.1, 0.15) is 0 Å². The Morgan fingerprint density at radius 1 is 0.950 bits per heavy atom. The Morgan fingerprint density at radius 2 is 1.60 bits per heavy atom. The van der Waals surface area contributed by atoms with Crippen molar-refractivity contribution < 1.29 is 0 Å². The zero-order valence-corrected chi connectivity index (χ0v) is 15.1. The number of aryl methyl sites for hydroxylation is 2. The van der Waals surface area contributed by atoms with Crippen molar-refractivity contribution >= 4 is 60.6 Å². The van der Waals surface area contributed by atoms with Crippen molar-refractivity contribution in [1.82, 2.24) is 0 Å². The molecule has 0 saturated carbocycles. The maximum Gasteiger partial charge on any atom is 0.175 e. The molecule has 0 aliphatic carbocycles. The lowest BCUT2D eigenvalue weighted by Gasteiger charge is -2.14. The highest BCUT2D eigenvalue weighted by atomic mass is 79.9. The maximum atomic E-state index is 5.35. The Labute approximate surface area is 141 Å². The topological polar surface area (TPSA) is 24.1 Å². The molecule has 0 spiro atoms. The first kappa shape index (κ1) is 15.5. The summed E-state index contributed by atoms with van der Waals surface area (Å²) >= 11 is 12.3. The Bertz CT molecular complexity index is 601. The molecule has 0 heterocycles. The van der Waals surface area contributed by atoms with Crippen molar-refractivity contribution in [3.05, 3.63) is 56.5 Å². The van der Waals surface area contributed by atoms with Gasteiger partial charge >= 0.3 is 0 Å². The van der Waals surface area contributed by atoms with Crippen LogP contribution >= 0.6 is 44.1 Å². The summed E-state index contributed by atoms with van der Waals surface area (Å²) in [6.45, 7) is 4.14. The van der Waals surface area contributed by atoms with E-state index < -0.39 is 0 Å². The van der Waals surface area contributed by atoms with Gasteiger partial charge in [-0.05, 0) is 71.8 Å². The zero-order valence-electron chi connectivity index (χ0n) is 11.1. The third-order valence-electron chi connectivity index (χ3n) is 2.81. The highest BCUT2D eigenvalue weighted by Crippen LogP contribution is 2.26. The SMILES string of the molecule is Cc1ccc(NC(=S)Nc2ccc(Br)cc2Br)c(C)c1. The van der Waals surface area contributed by atoms with Gasteiger partial charge < -0.3 is 10.6 Å². The van der Waals surface area contributed by atoms with Crippen LogP contribution in [0.15, 0.2) is 45.3 Å². The lowest BCUT2D eigenvalue weighted by molar-refractivity contribution is 1.38. The molecule has 2 aromatic rings. The van der Waals surface area contributed by atoms with Crippen molar-refractivity contribution in [3.8, 4) is 0 Å². The average molecular weight is 414 g/mol. The average Bonchev–Trinajstić information content (AvgIpc) is 2.36. The van der Waals surface area contributed by atoms with Gasteiger partial charge in [-0.1, -0.05) is 33.6 Å². The number of rotatable bonds is 2. The summed E-state index contributed by atoms with van der Waals surface area (Å²) in [5.74, 6) is 0. The van der Waals surface area contributed by atoms with E-state index in [0.717, 1.165) is 20.3 Å². The number of benzene rings is 2. The van der Waals surface area contributed by atoms with Gasteiger partial charge in [0.25, 0.3) is 0 Å². The first-order valence-electron chi connectivity index (χ1n) is 6.06. The van der Waals surface area contributed by atoms with Gasteiger partial charge in [0.2, 0.25) is 0 Å². The van der Waals surface area contributed by atoms with Gasteiger partial charge in [0.15, 0.2) is 5.11 Å². The van der Waals surface area contributed by atoms with Gasteiger partial charge in [0.05, 0.1) is 5.69 Å². The second-order valence-corrected chi connectivity index (χ2v) is 6.70. The normalized spacial score (nSPS) is 10.2. The van der Waals surface area contributed by atoms with Crippen molar-refractivity contribution in [3.63, 3.8) is 0 Å². The van der Waals surface area contributed by atoms with Crippen molar-refractivity contribution in [1.29, 1.82) is 0 Å². The van der Waals surface area contributed by atoms with E-state index >= 15 is 0 Å². The molecule has 0 saturated heterocycles.